The number of carbonyl (C=O) groups excluding carboxylic acids is 2. The Kier molecular flexibility index (Phi) is 6.57. The van der Waals surface area contributed by atoms with Crippen molar-refractivity contribution in [2.45, 2.75) is 31.3 Å². The molecule has 7 nitrogen and oxygen atoms in total. The van der Waals surface area contributed by atoms with E-state index in [2.05, 4.69) is 10.6 Å². The zero-order valence-corrected chi connectivity index (χ0v) is 22.1. The monoisotopic (exact) mass is 521 g/mol. The van der Waals surface area contributed by atoms with Gasteiger partial charge < -0.3 is 18.9 Å². The first-order valence-electron chi connectivity index (χ1n) is 13.2. The van der Waals surface area contributed by atoms with Crippen LogP contribution in [0.4, 0.5) is 5.69 Å². The van der Waals surface area contributed by atoms with Gasteiger partial charge in [-0.2, -0.15) is 0 Å². The van der Waals surface area contributed by atoms with Crippen LogP contribution in [0.25, 0.3) is 5.69 Å². The average Bonchev–Trinajstić information content (AvgIpc) is 3.70. The van der Waals surface area contributed by atoms with Crippen LogP contribution in [0.2, 0.25) is 0 Å². The summed E-state index contributed by atoms with van der Waals surface area (Å²) in [5.41, 5.74) is 4.63. The molecule has 198 valence electrons. The van der Waals surface area contributed by atoms with Crippen molar-refractivity contribution >= 4 is 17.5 Å². The number of fused-ring (bicyclic) bond motifs is 3. The van der Waals surface area contributed by atoms with Gasteiger partial charge in [-0.1, -0.05) is 36.4 Å². The van der Waals surface area contributed by atoms with Gasteiger partial charge in [0.25, 0.3) is 0 Å². The van der Waals surface area contributed by atoms with Gasteiger partial charge in [-0.15, -0.1) is 0 Å². The van der Waals surface area contributed by atoms with Gasteiger partial charge in [0.2, 0.25) is 11.8 Å². The van der Waals surface area contributed by atoms with E-state index in [0.29, 0.717) is 0 Å². The van der Waals surface area contributed by atoms with Crippen molar-refractivity contribution < 1.29 is 19.1 Å². The summed E-state index contributed by atoms with van der Waals surface area (Å²) in [6, 6.07) is 27.1. The largest absolute Gasteiger partial charge is 0.497 e. The predicted molar refractivity (Wildman–Crippen MR) is 150 cm³/mol. The zero-order valence-electron chi connectivity index (χ0n) is 22.1. The minimum absolute atomic E-state index is 0.0291. The Balaban J connectivity index is 1.33. The third-order valence-electron chi connectivity index (χ3n) is 7.55. The number of carbonyl (C=O) groups is 2. The van der Waals surface area contributed by atoms with Crippen LogP contribution in [0.5, 0.6) is 11.5 Å². The van der Waals surface area contributed by atoms with Crippen molar-refractivity contribution in [2.24, 2.45) is 0 Å². The van der Waals surface area contributed by atoms with Crippen molar-refractivity contribution in [1.82, 2.24) is 9.47 Å². The smallest absolute Gasteiger partial charge is 0.247 e. The maximum absolute atomic E-state index is 14.3. The highest BCUT2D eigenvalue weighted by Gasteiger charge is 2.39. The molecule has 1 aromatic heterocycles. The second-order valence-corrected chi connectivity index (χ2v) is 10.0. The lowest BCUT2D eigenvalue weighted by Crippen LogP contribution is -2.47. The summed E-state index contributed by atoms with van der Waals surface area (Å²) in [5, 5.41) is 0. The number of para-hydroxylation sites is 2. The predicted octanol–water partition coefficient (Wildman–Crippen LogP) is 5.16. The van der Waals surface area contributed by atoms with E-state index in [9.17, 15) is 9.59 Å². The Labute approximate surface area is 228 Å². The van der Waals surface area contributed by atoms with Crippen LogP contribution < -0.4 is 14.4 Å². The SMILES string of the molecule is COc1ccc(CC(=O)N(CC(=O)N2c3ccccc3-n3cccc3C2c2ccc(OC)cc2)C2CC2)cc1. The van der Waals surface area contributed by atoms with Crippen LogP contribution in [0.1, 0.15) is 35.7 Å². The molecule has 6 rings (SSSR count). The normalized spacial score (nSPS) is 15.7. The van der Waals surface area contributed by atoms with Crippen LogP contribution >= 0.6 is 0 Å². The molecule has 4 aromatic rings. The molecule has 0 bridgehead atoms. The van der Waals surface area contributed by atoms with E-state index in [1.807, 2.05) is 90.0 Å². The molecule has 0 radical (unpaired) electrons. The lowest BCUT2D eigenvalue weighted by atomic mass is 9.97. The Hall–Kier alpha value is -4.52. The standard InChI is InChI=1S/C32H31N3O4/c1-38-25-15-9-22(10-16-25)20-30(36)34(24-13-14-24)21-31(37)35-28-7-4-3-6-27(28)33-19-5-8-29(33)32(35)23-11-17-26(39-2)18-12-23/h3-12,15-19,24,32H,13-14,20-21H2,1-2H3. The summed E-state index contributed by atoms with van der Waals surface area (Å²) in [4.78, 5) is 31.4. The highest BCUT2D eigenvalue weighted by Crippen LogP contribution is 2.43. The molecule has 2 aliphatic rings. The molecule has 39 heavy (non-hydrogen) atoms. The van der Waals surface area contributed by atoms with Crippen LogP contribution in [-0.2, 0) is 16.0 Å². The molecule has 2 heterocycles. The topological polar surface area (TPSA) is 64.0 Å². The van der Waals surface area contributed by atoms with Crippen LogP contribution in [0.15, 0.2) is 91.1 Å². The quantitative estimate of drug-likeness (QED) is 0.321. The molecular formula is C32H31N3O4. The number of hydrogen-bond donors (Lipinski definition) is 0. The van der Waals surface area contributed by atoms with Gasteiger partial charge in [0, 0.05) is 12.2 Å². The minimum atomic E-state index is -0.342. The molecule has 1 aliphatic carbocycles. The molecule has 1 atom stereocenters. The Bertz CT molecular complexity index is 1490. The number of rotatable bonds is 8. The lowest BCUT2D eigenvalue weighted by molar-refractivity contribution is -0.135. The van der Waals surface area contributed by atoms with E-state index in [4.69, 9.17) is 9.47 Å². The molecular weight excluding hydrogens is 490 g/mol. The number of anilines is 1. The molecule has 0 spiro atoms. The highest BCUT2D eigenvalue weighted by atomic mass is 16.5. The van der Waals surface area contributed by atoms with Crippen LogP contribution in [-0.4, -0.2) is 48.1 Å². The fourth-order valence-electron chi connectivity index (χ4n) is 5.41. The number of hydrogen-bond acceptors (Lipinski definition) is 4. The van der Waals surface area contributed by atoms with Crippen molar-refractivity contribution in [3.8, 4) is 17.2 Å². The Morgan fingerprint density at radius 1 is 0.821 bits per heavy atom. The van der Waals surface area contributed by atoms with Gasteiger partial charge in [-0.05, 0) is 72.5 Å². The van der Waals surface area contributed by atoms with Crippen LogP contribution in [0.3, 0.4) is 0 Å². The minimum Gasteiger partial charge on any atom is -0.497 e. The van der Waals surface area contributed by atoms with Gasteiger partial charge in [-0.25, -0.2) is 0 Å². The third-order valence-corrected chi connectivity index (χ3v) is 7.55. The number of ether oxygens (including phenoxy) is 2. The van der Waals surface area contributed by atoms with E-state index >= 15 is 0 Å². The van der Waals surface area contributed by atoms with E-state index in [1.54, 1.807) is 19.1 Å². The summed E-state index contributed by atoms with van der Waals surface area (Å²) in [6.45, 7) is 0.0291. The second kappa shape index (κ2) is 10.3. The number of methoxy groups -OCH3 is 2. The number of amides is 2. The van der Waals surface area contributed by atoms with Crippen molar-refractivity contribution in [2.75, 3.05) is 25.7 Å². The second-order valence-electron chi connectivity index (χ2n) is 10.0. The number of nitrogens with zero attached hydrogens (tertiary/aromatic N) is 3. The van der Waals surface area contributed by atoms with Gasteiger partial charge in [0.05, 0.1) is 37.7 Å². The average molecular weight is 522 g/mol. The summed E-state index contributed by atoms with van der Waals surface area (Å²) >= 11 is 0. The highest BCUT2D eigenvalue weighted by molar-refractivity contribution is 6.00. The fourth-order valence-corrected chi connectivity index (χ4v) is 5.41. The molecule has 1 unspecified atom stereocenters. The molecule has 1 fully saturated rings. The van der Waals surface area contributed by atoms with Gasteiger partial charge >= 0.3 is 0 Å². The summed E-state index contributed by atoms with van der Waals surface area (Å²) in [5.74, 6) is 1.36. The van der Waals surface area contributed by atoms with Crippen molar-refractivity contribution in [1.29, 1.82) is 0 Å². The molecule has 2 amide bonds. The van der Waals surface area contributed by atoms with Crippen molar-refractivity contribution in [3.63, 3.8) is 0 Å². The Morgan fingerprint density at radius 3 is 2.10 bits per heavy atom. The summed E-state index contributed by atoms with van der Waals surface area (Å²) in [7, 11) is 3.26. The first-order chi connectivity index (χ1) is 19.1. The molecule has 1 saturated carbocycles. The first-order valence-corrected chi connectivity index (χ1v) is 13.2. The Morgan fingerprint density at radius 2 is 1.46 bits per heavy atom. The molecule has 0 saturated heterocycles. The zero-order chi connectivity index (χ0) is 26.9. The maximum Gasteiger partial charge on any atom is 0.247 e. The van der Waals surface area contributed by atoms with E-state index in [0.717, 1.165) is 52.5 Å². The first kappa shape index (κ1) is 24.8. The molecule has 3 aromatic carbocycles. The summed E-state index contributed by atoms with van der Waals surface area (Å²) in [6.07, 6.45) is 4.11. The van der Waals surface area contributed by atoms with E-state index in [-0.39, 0.29) is 36.9 Å². The lowest BCUT2D eigenvalue weighted by Gasteiger charge is -2.39. The van der Waals surface area contributed by atoms with Gasteiger partial charge in [0.1, 0.15) is 24.1 Å². The molecule has 1 aliphatic heterocycles. The third kappa shape index (κ3) is 4.76. The summed E-state index contributed by atoms with van der Waals surface area (Å²) < 4.78 is 12.8. The van der Waals surface area contributed by atoms with E-state index < -0.39 is 0 Å². The number of aromatic nitrogens is 1. The van der Waals surface area contributed by atoms with Gasteiger partial charge in [0.15, 0.2) is 0 Å². The van der Waals surface area contributed by atoms with Gasteiger partial charge in [-0.3, -0.25) is 14.5 Å². The van der Waals surface area contributed by atoms with E-state index in [1.165, 1.54) is 0 Å². The molecule has 7 heteroatoms. The number of benzene rings is 3. The fraction of sp³-hybridized carbons (Fsp3) is 0.250. The van der Waals surface area contributed by atoms with Crippen LogP contribution in [0, 0.1) is 0 Å². The molecule has 0 N–H and O–H groups in total. The van der Waals surface area contributed by atoms with Crippen molar-refractivity contribution in [3.05, 3.63) is 108 Å². The maximum atomic E-state index is 14.3.